The van der Waals surface area contributed by atoms with Crippen LogP contribution in [0.3, 0.4) is 0 Å². The molecule has 3 heterocycles. The second-order valence-electron chi connectivity index (χ2n) is 7.89. The van der Waals surface area contributed by atoms with Gasteiger partial charge in [0.2, 0.25) is 5.88 Å². The average molecular weight is 391 g/mol. The Morgan fingerprint density at radius 3 is 2.66 bits per heavy atom. The van der Waals surface area contributed by atoms with E-state index in [1.165, 1.54) is 4.68 Å². The van der Waals surface area contributed by atoms with Crippen LogP contribution in [0.4, 0.5) is 0 Å². The molecule has 3 aromatic heterocycles. The van der Waals surface area contributed by atoms with E-state index in [1.807, 2.05) is 27.0 Å². The summed E-state index contributed by atoms with van der Waals surface area (Å²) in [6.07, 6.45) is 3.63. The van der Waals surface area contributed by atoms with Crippen molar-refractivity contribution in [2.24, 2.45) is 18.9 Å². The van der Waals surface area contributed by atoms with Gasteiger partial charge in [0.1, 0.15) is 11.5 Å². The van der Waals surface area contributed by atoms with Crippen molar-refractivity contribution in [1.29, 1.82) is 0 Å². The first-order valence-electron chi connectivity index (χ1n) is 9.79. The van der Waals surface area contributed by atoms with E-state index in [4.69, 9.17) is 4.74 Å². The van der Waals surface area contributed by atoms with Gasteiger partial charge in [-0.1, -0.05) is 13.0 Å². The number of aromatic nitrogens is 5. The molecular formula is C22H25N5O2. The molecule has 0 N–H and O–H groups in total. The lowest BCUT2D eigenvalue weighted by molar-refractivity contribution is 0.280. The normalized spacial score (nSPS) is 20.5. The minimum Gasteiger partial charge on any atom is -0.477 e. The lowest BCUT2D eigenvalue weighted by atomic mass is 10.1. The van der Waals surface area contributed by atoms with Gasteiger partial charge in [-0.2, -0.15) is 10.1 Å². The molecule has 3 atom stereocenters. The van der Waals surface area contributed by atoms with Crippen molar-refractivity contribution in [3.8, 4) is 17.1 Å². The molecule has 0 bridgehead atoms. The predicted molar refractivity (Wildman–Crippen MR) is 110 cm³/mol. The van der Waals surface area contributed by atoms with Crippen LogP contribution in [0.5, 0.6) is 5.88 Å². The number of ether oxygens (including phenoxy) is 1. The maximum Gasteiger partial charge on any atom is 0.266 e. The first-order chi connectivity index (χ1) is 13.8. The standard InChI is InChI=1S/C22H25N5O2/c1-12-6-7-18(24-9-12)20-14(3)17(20)11-29-22-16(10-23-15(4)25-22)21-13(2)8-19(28)27(5)26-21/h6-10,14,17,20H,11H2,1-5H3/t14-,17?,20?/m1/s1. The molecule has 0 aromatic carbocycles. The van der Waals surface area contributed by atoms with Crippen molar-refractivity contribution in [3.63, 3.8) is 0 Å². The van der Waals surface area contributed by atoms with E-state index in [2.05, 4.69) is 39.1 Å². The molecule has 7 nitrogen and oxygen atoms in total. The third-order valence-electron chi connectivity index (χ3n) is 5.66. The summed E-state index contributed by atoms with van der Waals surface area (Å²) in [7, 11) is 1.63. The molecule has 0 amide bonds. The Balaban J connectivity index is 1.57. The molecule has 2 unspecified atom stereocenters. The second kappa shape index (κ2) is 7.39. The summed E-state index contributed by atoms with van der Waals surface area (Å²) in [5, 5.41) is 4.40. The molecule has 7 heteroatoms. The first-order valence-corrected chi connectivity index (χ1v) is 9.79. The zero-order valence-electron chi connectivity index (χ0n) is 17.4. The third-order valence-corrected chi connectivity index (χ3v) is 5.66. The Bertz CT molecular complexity index is 1110. The summed E-state index contributed by atoms with van der Waals surface area (Å²) < 4.78 is 7.47. The Labute approximate surface area is 169 Å². The molecule has 0 aliphatic heterocycles. The number of nitrogens with zero attached hydrogens (tertiary/aromatic N) is 5. The van der Waals surface area contributed by atoms with E-state index in [1.54, 1.807) is 19.3 Å². The highest BCUT2D eigenvalue weighted by molar-refractivity contribution is 5.66. The summed E-state index contributed by atoms with van der Waals surface area (Å²) in [6, 6.07) is 5.77. The lowest BCUT2D eigenvalue weighted by Gasteiger charge is -2.12. The summed E-state index contributed by atoms with van der Waals surface area (Å²) >= 11 is 0. The van der Waals surface area contributed by atoms with Gasteiger partial charge in [-0.05, 0) is 43.9 Å². The minimum absolute atomic E-state index is 0.151. The molecule has 3 aromatic rings. The highest BCUT2D eigenvalue weighted by atomic mass is 16.5. The second-order valence-corrected chi connectivity index (χ2v) is 7.89. The molecule has 150 valence electrons. The number of rotatable bonds is 5. The molecule has 1 aliphatic carbocycles. The molecule has 1 fully saturated rings. The van der Waals surface area contributed by atoms with Crippen LogP contribution in [0.2, 0.25) is 0 Å². The van der Waals surface area contributed by atoms with Crippen LogP contribution in [0.25, 0.3) is 11.3 Å². The van der Waals surface area contributed by atoms with Gasteiger partial charge in [0.05, 0.1) is 12.2 Å². The largest absolute Gasteiger partial charge is 0.477 e. The van der Waals surface area contributed by atoms with Crippen LogP contribution in [-0.2, 0) is 7.05 Å². The number of hydrogen-bond acceptors (Lipinski definition) is 6. The highest BCUT2D eigenvalue weighted by Gasteiger charge is 2.49. The number of aryl methyl sites for hydroxylation is 4. The van der Waals surface area contributed by atoms with E-state index in [0.717, 1.165) is 16.8 Å². The van der Waals surface area contributed by atoms with Crippen LogP contribution in [0.1, 0.15) is 35.5 Å². The minimum atomic E-state index is -0.151. The number of pyridine rings is 1. The Morgan fingerprint density at radius 1 is 1.14 bits per heavy atom. The van der Waals surface area contributed by atoms with Gasteiger partial charge in [0.25, 0.3) is 5.56 Å². The molecule has 29 heavy (non-hydrogen) atoms. The predicted octanol–water partition coefficient (Wildman–Crippen LogP) is 2.99. The maximum absolute atomic E-state index is 11.8. The van der Waals surface area contributed by atoms with Crippen LogP contribution >= 0.6 is 0 Å². The maximum atomic E-state index is 11.8. The van der Waals surface area contributed by atoms with Gasteiger partial charge in [0, 0.05) is 43.0 Å². The lowest BCUT2D eigenvalue weighted by Crippen LogP contribution is -2.20. The van der Waals surface area contributed by atoms with Crippen molar-refractivity contribution < 1.29 is 4.74 Å². The fourth-order valence-corrected chi connectivity index (χ4v) is 3.75. The van der Waals surface area contributed by atoms with Crippen LogP contribution in [0.15, 0.2) is 35.4 Å². The van der Waals surface area contributed by atoms with Crippen molar-refractivity contribution in [2.75, 3.05) is 6.61 Å². The Morgan fingerprint density at radius 2 is 1.93 bits per heavy atom. The molecule has 0 saturated heterocycles. The molecule has 1 saturated carbocycles. The van der Waals surface area contributed by atoms with Crippen molar-refractivity contribution in [1.82, 2.24) is 24.7 Å². The first kappa shape index (κ1) is 19.2. The molecule has 1 aliphatic rings. The topological polar surface area (TPSA) is 82.8 Å². The Hall–Kier alpha value is -3.09. The van der Waals surface area contributed by atoms with Gasteiger partial charge in [0.15, 0.2) is 0 Å². The monoisotopic (exact) mass is 391 g/mol. The van der Waals surface area contributed by atoms with Gasteiger partial charge in [-0.3, -0.25) is 9.78 Å². The third kappa shape index (κ3) is 3.77. The summed E-state index contributed by atoms with van der Waals surface area (Å²) in [6.45, 7) is 8.51. The van der Waals surface area contributed by atoms with E-state index >= 15 is 0 Å². The summed E-state index contributed by atoms with van der Waals surface area (Å²) in [5.74, 6) is 2.43. The number of hydrogen-bond donors (Lipinski definition) is 0. The van der Waals surface area contributed by atoms with Gasteiger partial charge in [-0.15, -0.1) is 0 Å². The van der Waals surface area contributed by atoms with Crippen molar-refractivity contribution in [2.45, 2.75) is 33.6 Å². The van der Waals surface area contributed by atoms with E-state index in [0.29, 0.717) is 47.3 Å². The summed E-state index contributed by atoms with van der Waals surface area (Å²) in [4.78, 5) is 25.2. The van der Waals surface area contributed by atoms with E-state index < -0.39 is 0 Å². The molecular weight excluding hydrogens is 366 g/mol. The average Bonchev–Trinajstić information content (AvgIpc) is 3.33. The zero-order chi connectivity index (χ0) is 20.7. The SMILES string of the molecule is Cc1ccc(C2C(COc3nc(C)ncc3-c3nn(C)c(=O)cc3C)[C@H]2C)nc1. The van der Waals surface area contributed by atoms with E-state index in [9.17, 15) is 4.79 Å². The fraction of sp³-hybridized carbons (Fsp3) is 0.409. The van der Waals surface area contributed by atoms with Crippen LogP contribution in [-0.4, -0.2) is 31.3 Å². The zero-order valence-corrected chi connectivity index (χ0v) is 17.4. The van der Waals surface area contributed by atoms with Gasteiger partial charge >= 0.3 is 0 Å². The Kier molecular flexibility index (Phi) is 4.90. The quantitative estimate of drug-likeness (QED) is 0.665. The molecule has 0 radical (unpaired) electrons. The molecule has 0 spiro atoms. The van der Waals surface area contributed by atoms with E-state index in [-0.39, 0.29) is 5.56 Å². The van der Waals surface area contributed by atoms with Crippen LogP contribution < -0.4 is 10.3 Å². The van der Waals surface area contributed by atoms with Crippen molar-refractivity contribution >= 4 is 0 Å². The summed E-state index contributed by atoms with van der Waals surface area (Å²) in [5.41, 5.74) is 4.25. The van der Waals surface area contributed by atoms with Crippen LogP contribution in [0, 0.1) is 32.6 Å². The fourth-order valence-electron chi connectivity index (χ4n) is 3.75. The highest BCUT2D eigenvalue weighted by Crippen LogP contribution is 2.53. The smallest absolute Gasteiger partial charge is 0.266 e. The van der Waals surface area contributed by atoms with Gasteiger partial charge in [-0.25, -0.2) is 9.67 Å². The van der Waals surface area contributed by atoms with Gasteiger partial charge < -0.3 is 4.74 Å². The molecule has 4 rings (SSSR count). The van der Waals surface area contributed by atoms with Crippen molar-refractivity contribution in [3.05, 3.63) is 63.6 Å².